The number of hydrogen-bond acceptors (Lipinski definition) is 3. The van der Waals surface area contributed by atoms with Crippen molar-refractivity contribution in [1.82, 2.24) is 0 Å². The number of alkyl halides is 2. The van der Waals surface area contributed by atoms with E-state index in [1.54, 1.807) is 0 Å². The van der Waals surface area contributed by atoms with E-state index in [1.165, 1.54) is 13.2 Å². The lowest BCUT2D eigenvalue weighted by atomic mass is 10.2. The Hall–Kier alpha value is -2.16. The molecule has 0 saturated carbocycles. The van der Waals surface area contributed by atoms with Crippen LogP contribution >= 0.6 is 0 Å². The first-order valence-corrected chi connectivity index (χ1v) is 4.83. The molecule has 0 heterocycles. The maximum atomic E-state index is 12.9. The third-order valence-corrected chi connectivity index (χ3v) is 1.84. The molecule has 0 spiro atoms. The fourth-order valence-electron chi connectivity index (χ4n) is 1.08. The van der Waals surface area contributed by atoms with Crippen LogP contribution in [0.15, 0.2) is 18.2 Å². The van der Waals surface area contributed by atoms with Crippen LogP contribution in [0.3, 0.4) is 0 Å². The highest BCUT2D eigenvalue weighted by Gasteiger charge is 2.09. The Kier molecular flexibility index (Phi) is 5.06. The number of carbonyl (C=O) groups excluding carboxylic acids is 1. The summed E-state index contributed by atoms with van der Waals surface area (Å²) in [5, 5.41) is 0. The van der Waals surface area contributed by atoms with E-state index < -0.39 is 18.4 Å². The maximum Gasteiger partial charge on any atom is 0.387 e. The molecular weight excluding hydrogens is 249 g/mol. The third-order valence-electron chi connectivity index (χ3n) is 1.84. The molecule has 0 aliphatic heterocycles. The zero-order chi connectivity index (χ0) is 13.5. The van der Waals surface area contributed by atoms with Crippen LogP contribution in [0.25, 0.3) is 0 Å². The van der Waals surface area contributed by atoms with Crippen LogP contribution in [0.5, 0.6) is 5.75 Å². The molecular formula is C12H9F3O3. The summed E-state index contributed by atoms with van der Waals surface area (Å²) in [6.07, 6.45) is -0.192. The van der Waals surface area contributed by atoms with Gasteiger partial charge in [-0.25, -0.2) is 4.39 Å². The number of rotatable bonds is 3. The van der Waals surface area contributed by atoms with Crippen molar-refractivity contribution in [2.45, 2.75) is 13.0 Å². The quantitative estimate of drug-likeness (QED) is 0.616. The highest BCUT2D eigenvalue weighted by Crippen LogP contribution is 2.21. The van der Waals surface area contributed by atoms with Gasteiger partial charge in [0.15, 0.2) is 0 Å². The van der Waals surface area contributed by atoms with Crippen LogP contribution in [-0.4, -0.2) is 19.7 Å². The minimum absolute atomic E-state index is 0.0700. The Bertz CT molecular complexity index is 489. The van der Waals surface area contributed by atoms with Gasteiger partial charge >= 0.3 is 12.6 Å². The average Bonchev–Trinajstić information content (AvgIpc) is 2.31. The predicted octanol–water partition coefficient (Wildman–Crippen LogP) is 2.34. The molecule has 6 heteroatoms. The van der Waals surface area contributed by atoms with Crippen molar-refractivity contribution in [3.63, 3.8) is 0 Å². The van der Waals surface area contributed by atoms with Crippen molar-refractivity contribution < 1.29 is 27.4 Å². The van der Waals surface area contributed by atoms with E-state index in [9.17, 15) is 18.0 Å². The summed E-state index contributed by atoms with van der Waals surface area (Å²) in [6, 6.07) is 3.05. The van der Waals surface area contributed by atoms with Gasteiger partial charge in [0.25, 0.3) is 0 Å². The van der Waals surface area contributed by atoms with Crippen molar-refractivity contribution >= 4 is 5.97 Å². The molecule has 0 aliphatic carbocycles. The van der Waals surface area contributed by atoms with Gasteiger partial charge in [-0.05, 0) is 12.1 Å². The molecule has 0 fully saturated rings. The second kappa shape index (κ2) is 6.55. The lowest BCUT2D eigenvalue weighted by Crippen LogP contribution is -2.04. The average molecular weight is 258 g/mol. The number of carbonyl (C=O) groups is 1. The van der Waals surface area contributed by atoms with Crippen LogP contribution in [0, 0.1) is 17.7 Å². The van der Waals surface area contributed by atoms with Gasteiger partial charge in [-0.15, -0.1) is 0 Å². The lowest BCUT2D eigenvalue weighted by Gasteiger charge is -2.06. The Morgan fingerprint density at radius 2 is 2.17 bits per heavy atom. The van der Waals surface area contributed by atoms with Gasteiger partial charge in [0, 0.05) is 6.07 Å². The van der Waals surface area contributed by atoms with Gasteiger partial charge in [0.1, 0.15) is 18.0 Å². The molecule has 0 N–H and O–H groups in total. The van der Waals surface area contributed by atoms with Crippen molar-refractivity contribution in [3.05, 3.63) is 29.6 Å². The summed E-state index contributed by atoms with van der Waals surface area (Å²) in [4.78, 5) is 10.8. The van der Waals surface area contributed by atoms with Gasteiger partial charge < -0.3 is 9.47 Å². The molecule has 1 aromatic rings. The van der Waals surface area contributed by atoms with Crippen LogP contribution < -0.4 is 4.74 Å². The molecule has 0 radical (unpaired) electrons. The van der Waals surface area contributed by atoms with E-state index in [0.29, 0.717) is 0 Å². The normalized spacial score (nSPS) is 9.61. The summed E-state index contributed by atoms with van der Waals surface area (Å²) in [5.41, 5.74) is 0.0700. The highest BCUT2D eigenvalue weighted by atomic mass is 19.3. The van der Waals surface area contributed by atoms with Gasteiger partial charge in [0.05, 0.1) is 12.7 Å². The minimum Gasteiger partial charge on any atom is -0.468 e. The molecule has 0 bridgehead atoms. The first-order valence-electron chi connectivity index (χ1n) is 4.83. The van der Waals surface area contributed by atoms with Gasteiger partial charge in [0.2, 0.25) is 0 Å². The summed E-state index contributed by atoms with van der Waals surface area (Å²) >= 11 is 0. The van der Waals surface area contributed by atoms with Gasteiger partial charge in [-0.1, -0.05) is 11.8 Å². The number of methoxy groups -OCH3 is 1. The molecule has 0 aliphatic rings. The first-order chi connectivity index (χ1) is 8.52. The molecule has 3 nitrogen and oxygen atoms in total. The van der Waals surface area contributed by atoms with E-state index in [0.717, 1.165) is 12.1 Å². The van der Waals surface area contributed by atoms with Gasteiger partial charge in [-0.2, -0.15) is 8.78 Å². The van der Waals surface area contributed by atoms with Crippen molar-refractivity contribution in [2.75, 3.05) is 7.11 Å². The Balaban J connectivity index is 2.90. The molecule has 0 unspecified atom stereocenters. The predicted molar refractivity (Wildman–Crippen MR) is 56.5 cm³/mol. The molecule has 0 aromatic heterocycles. The van der Waals surface area contributed by atoms with Crippen LogP contribution in [-0.2, 0) is 9.53 Å². The van der Waals surface area contributed by atoms with Crippen molar-refractivity contribution in [2.24, 2.45) is 0 Å². The monoisotopic (exact) mass is 258 g/mol. The highest BCUT2D eigenvalue weighted by molar-refractivity contribution is 5.72. The van der Waals surface area contributed by atoms with E-state index in [4.69, 9.17) is 0 Å². The molecule has 0 amide bonds. The fourth-order valence-corrected chi connectivity index (χ4v) is 1.08. The van der Waals surface area contributed by atoms with Crippen LogP contribution in [0.1, 0.15) is 12.0 Å². The van der Waals surface area contributed by atoms with Gasteiger partial charge in [-0.3, -0.25) is 4.79 Å². The lowest BCUT2D eigenvalue weighted by molar-refractivity contribution is -0.139. The molecule has 0 atom stereocenters. The van der Waals surface area contributed by atoms with E-state index >= 15 is 0 Å². The van der Waals surface area contributed by atoms with Crippen molar-refractivity contribution in [1.29, 1.82) is 0 Å². The Morgan fingerprint density at radius 3 is 2.78 bits per heavy atom. The molecule has 96 valence electrons. The Morgan fingerprint density at radius 1 is 1.44 bits per heavy atom. The molecule has 0 saturated heterocycles. The zero-order valence-corrected chi connectivity index (χ0v) is 9.38. The van der Waals surface area contributed by atoms with Crippen LogP contribution in [0.4, 0.5) is 13.2 Å². The summed E-state index contributed by atoms with van der Waals surface area (Å²) in [5.74, 6) is 3.20. The van der Waals surface area contributed by atoms with E-state index in [2.05, 4.69) is 21.3 Å². The van der Waals surface area contributed by atoms with Crippen LogP contribution in [0.2, 0.25) is 0 Å². The summed E-state index contributed by atoms with van der Waals surface area (Å²) in [6.45, 7) is -3.08. The smallest absolute Gasteiger partial charge is 0.387 e. The number of ether oxygens (including phenoxy) is 2. The third kappa shape index (κ3) is 4.37. The summed E-state index contributed by atoms with van der Waals surface area (Å²) < 4.78 is 45.5. The number of esters is 1. The summed E-state index contributed by atoms with van der Waals surface area (Å²) in [7, 11) is 1.20. The SMILES string of the molecule is COC(=O)CC#Cc1ccc(F)cc1OC(F)F. The number of halogens is 3. The topological polar surface area (TPSA) is 35.5 Å². The molecule has 1 aromatic carbocycles. The molecule has 18 heavy (non-hydrogen) atoms. The second-order valence-corrected chi connectivity index (χ2v) is 3.07. The Labute approximate surface area is 102 Å². The maximum absolute atomic E-state index is 12.9. The van der Waals surface area contributed by atoms with Crippen molar-refractivity contribution in [3.8, 4) is 17.6 Å². The largest absolute Gasteiger partial charge is 0.468 e. The van der Waals surface area contributed by atoms with E-state index in [1.807, 2.05) is 0 Å². The van der Waals surface area contributed by atoms with E-state index in [-0.39, 0.29) is 17.7 Å². The zero-order valence-electron chi connectivity index (χ0n) is 9.38. The number of benzene rings is 1. The second-order valence-electron chi connectivity index (χ2n) is 3.07. The standard InChI is InChI=1S/C12H9F3O3/c1-17-11(16)4-2-3-8-5-6-9(13)7-10(8)18-12(14)15/h5-7,12H,4H2,1H3. The number of hydrogen-bond donors (Lipinski definition) is 0. The minimum atomic E-state index is -3.08. The first kappa shape index (κ1) is 13.9. The fraction of sp³-hybridized carbons (Fsp3) is 0.250. The molecule has 1 rings (SSSR count).